The highest BCUT2D eigenvalue weighted by Crippen LogP contribution is 2.15. The summed E-state index contributed by atoms with van der Waals surface area (Å²) in [5.41, 5.74) is 2.30. The van der Waals surface area contributed by atoms with E-state index in [1.54, 1.807) is 4.90 Å². The number of carbonyl (C=O) groups excluding carboxylic acids is 2. The van der Waals surface area contributed by atoms with Gasteiger partial charge >= 0.3 is 0 Å². The minimum absolute atomic E-state index is 0.0138. The maximum atomic E-state index is 11.9. The van der Waals surface area contributed by atoms with Crippen molar-refractivity contribution in [2.24, 2.45) is 0 Å². The summed E-state index contributed by atoms with van der Waals surface area (Å²) < 4.78 is 10.8. The summed E-state index contributed by atoms with van der Waals surface area (Å²) in [5.74, 6) is 0.699. The van der Waals surface area contributed by atoms with Gasteiger partial charge in [-0.05, 0) is 37.1 Å². The maximum absolute atomic E-state index is 11.9. The minimum Gasteiger partial charge on any atom is -0.492 e. The first kappa shape index (κ1) is 18.3. The van der Waals surface area contributed by atoms with Crippen LogP contribution in [0.5, 0.6) is 5.75 Å². The monoisotopic (exact) mass is 334 g/mol. The van der Waals surface area contributed by atoms with Crippen LogP contribution in [0.2, 0.25) is 0 Å². The molecule has 1 N–H and O–H groups in total. The molecule has 1 fully saturated rings. The first-order valence-corrected chi connectivity index (χ1v) is 8.38. The van der Waals surface area contributed by atoms with Gasteiger partial charge in [0.15, 0.2) is 0 Å². The topological polar surface area (TPSA) is 67.9 Å². The summed E-state index contributed by atoms with van der Waals surface area (Å²) in [7, 11) is 0. The van der Waals surface area contributed by atoms with Crippen molar-refractivity contribution in [3.8, 4) is 5.75 Å². The number of carbonyl (C=O) groups is 2. The molecule has 1 aromatic carbocycles. The van der Waals surface area contributed by atoms with Gasteiger partial charge in [0.05, 0.1) is 19.8 Å². The fraction of sp³-hybridized carbons (Fsp3) is 0.556. The number of nitrogens with one attached hydrogen (secondary N) is 1. The van der Waals surface area contributed by atoms with E-state index in [2.05, 4.69) is 11.4 Å². The lowest BCUT2D eigenvalue weighted by atomic mass is 10.1. The molecule has 2 amide bonds. The van der Waals surface area contributed by atoms with Gasteiger partial charge < -0.3 is 19.7 Å². The molecule has 0 aliphatic carbocycles. The van der Waals surface area contributed by atoms with Gasteiger partial charge in [-0.25, -0.2) is 0 Å². The zero-order chi connectivity index (χ0) is 17.4. The van der Waals surface area contributed by atoms with Gasteiger partial charge in [0, 0.05) is 25.9 Å². The molecule has 0 spiro atoms. The second-order valence-electron chi connectivity index (χ2n) is 6.01. The summed E-state index contributed by atoms with van der Waals surface area (Å²) in [6.45, 7) is 7.26. The zero-order valence-corrected chi connectivity index (χ0v) is 14.5. The van der Waals surface area contributed by atoms with Crippen LogP contribution >= 0.6 is 0 Å². The van der Waals surface area contributed by atoms with E-state index in [1.165, 1.54) is 0 Å². The second kappa shape index (κ2) is 9.27. The molecule has 0 unspecified atom stereocenters. The van der Waals surface area contributed by atoms with Crippen LogP contribution in [-0.2, 0) is 14.3 Å². The smallest absolute Gasteiger partial charge is 0.223 e. The molecule has 0 aromatic heterocycles. The molecule has 0 radical (unpaired) electrons. The molecule has 1 saturated heterocycles. The molecule has 0 atom stereocenters. The molecule has 0 saturated carbocycles. The largest absolute Gasteiger partial charge is 0.492 e. The van der Waals surface area contributed by atoms with Gasteiger partial charge in [0.1, 0.15) is 12.4 Å². The number of benzene rings is 1. The van der Waals surface area contributed by atoms with Crippen LogP contribution in [0.1, 0.15) is 24.0 Å². The van der Waals surface area contributed by atoms with Crippen molar-refractivity contribution in [3.05, 3.63) is 29.3 Å². The Hall–Kier alpha value is -2.08. The predicted molar refractivity (Wildman–Crippen MR) is 91.1 cm³/mol. The molecule has 6 heteroatoms. The van der Waals surface area contributed by atoms with E-state index in [9.17, 15) is 9.59 Å². The van der Waals surface area contributed by atoms with E-state index < -0.39 is 0 Å². The number of ether oxygens (including phenoxy) is 2. The van der Waals surface area contributed by atoms with Crippen molar-refractivity contribution in [1.82, 2.24) is 10.2 Å². The Morgan fingerprint density at radius 2 is 1.79 bits per heavy atom. The number of nitrogens with zero attached hydrogens (tertiary/aromatic N) is 1. The van der Waals surface area contributed by atoms with E-state index in [1.807, 2.05) is 26.0 Å². The summed E-state index contributed by atoms with van der Waals surface area (Å²) in [4.78, 5) is 25.5. The third-order valence-corrected chi connectivity index (χ3v) is 3.82. The van der Waals surface area contributed by atoms with Gasteiger partial charge in [-0.2, -0.15) is 0 Å². The number of amides is 2. The first-order valence-electron chi connectivity index (χ1n) is 8.38. The number of hydrogen-bond acceptors (Lipinski definition) is 4. The number of rotatable bonds is 7. The molecule has 2 rings (SSSR count). The van der Waals surface area contributed by atoms with Crippen molar-refractivity contribution in [1.29, 1.82) is 0 Å². The van der Waals surface area contributed by atoms with E-state index in [4.69, 9.17) is 9.47 Å². The fourth-order valence-electron chi connectivity index (χ4n) is 2.66. The van der Waals surface area contributed by atoms with Crippen LogP contribution in [0.4, 0.5) is 0 Å². The van der Waals surface area contributed by atoms with Crippen LogP contribution in [0.25, 0.3) is 0 Å². The van der Waals surface area contributed by atoms with Crippen molar-refractivity contribution in [2.75, 3.05) is 39.5 Å². The third-order valence-electron chi connectivity index (χ3n) is 3.82. The molecule has 1 aliphatic rings. The lowest BCUT2D eigenvalue weighted by molar-refractivity contribution is -0.137. The maximum Gasteiger partial charge on any atom is 0.223 e. The second-order valence-corrected chi connectivity index (χ2v) is 6.01. The quantitative estimate of drug-likeness (QED) is 0.766. The third kappa shape index (κ3) is 6.20. The van der Waals surface area contributed by atoms with Crippen molar-refractivity contribution in [2.45, 2.75) is 26.7 Å². The van der Waals surface area contributed by atoms with Crippen molar-refractivity contribution >= 4 is 11.8 Å². The lowest BCUT2D eigenvalue weighted by Crippen LogP contribution is -2.41. The van der Waals surface area contributed by atoms with Crippen molar-refractivity contribution < 1.29 is 19.1 Å². The molecule has 132 valence electrons. The molecule has 24 heavy (non-hydrogen) atoms. The van der Waals surface area contributed by atoms with Crippen molar-refractivity contribution in [3.63, 3.8) is 0 Å². The summed E-state index contributed by atoms with van der Waals surface area (Å²) in [6.07, 6.45) is 0.448. The van der Waals surface area contributed by atoms with Crippen LogP contribution in [0.3, 0.4) is 0 Å². The predicted octanol–water partition coefficient (Wildman–Crippen LogP) is 1.44. The molecule has 1 aromatic rings. The fourth-order valence-corrected chi connectivity index (χ4v) is 2.66. The molecule has 6 nitrogen and oxygen atoms in total. The number of hydrogen-bond donors (Lipinski definition) is 1. The lowest BCUT2D eigenvalue weighted by Gasteiger charge is -2.26. The number of aryl methyl sites for hydroxylation is 2. The van der Waals surface area contributed by atoms with E-state index in [-0.39, 0.29) is 24.7 Å². The average Bonchev–Trinajstić information content (AvgIpc) is 2.56. The Labute approximate surface area is 143 Å². The molecular weight excluding hydrogens is 308 g/mol. The molecule has 1 heterocycles. The van der Waals surface area contributed by atoms with Crippen LogP contribution < -0.4 is 10.1 Å². The van der Waals surface area contributed by atoms with Gasteiger partial charge in [-0.15, -0.1) is 0 Å². The Kier molecular flexibility index (Phi) is 7.06. The first-order chi connectivity index (χ1) is 11.5. The Bertz CT molecular complexity index is 548. The highest BCUT2D eigenvalue weighted by molar-refractivity contribution is 5.83. The highest BCUT2D eigenvalue weighted by atomic mass is 16.5. The standard InChI is InChI=1S/C18H26N2O4/c1-14-11-15(2)13-16(12-14)24-8-5-19-17(21)3-4-18(22)20-6-9-23-10-7-20/h11-13H,3-10H2,1-2H3,(H,19,21). The molecular formula is C18H26N2O4. The van der Waals surface area contributed by atoms with Gasteiger partial charge in [-0.1, -0.05) is 6.07 Å². The summed E-state index contributed by atoms with van der Waals surface area (Å²) in [5, 5.41) is 2.78. The zero-order valence-electron chi connectivity index (χ0n) is 14.5. The molecule has 0 bridgehead atoms. The van der Waals surface area contributed by atoms with E-state index >= 15 is 0 Å². The normalized spacial score (nSPS) is 14.3. The van der Waals surface area contributed by atoms with E-state index in [0.29, 0.717) is 39.5 Å². The van der Waals surface area contributed by atoms with Crippen LogP contribution in [-0.4, -0.2) is 56.2 Å². The van der Waals surface area contributed by atoms with E-state index in [0.717, 1.165) is 16.9 Å². The Balaban J connectivity index is 1.60. The summed E-state index contributed by atoms with van der Waals surface area (Å²) in [6, 6.07) is 6.02. The van der Waals surface area contributed by atoms with Crippen LogP contribution in [0.15, 0.2) is 18.2 Å². The highest BCUT2D eigenvalue weighted by Gasteiger charge is 2.17. The van der Waals surface area contributed by atoms with Gasteiger partial charge in [-0.3, -0.25) is 9.59 Å². The van der Waals surface area contributed by atoms with Gasteiger partial charge in [0.2, 0.25) is 11.8 Å². The Morgan fingerprint density at radius 1 is 1.12 bits per heavy atom. The molecule has 1 aliphatic heterocycles. The number of morpholine rings is 1. The average molecular weight is 334 g/mol. The minimum atomic E-state index is -0.124. The van der Waals surface area contributed by atoms with Crippen LogP contribution in [0, 0.1) is 13.8 Å². The summed E-state index contributed by atoms with van der Waals surface area (Å²) >= 11 is 0. The SMILES string of the molecule is Cc1cc(C)cc(OCCNC(=O)CCC(=O)N2CCOCC2)c1. The Morgan fingerprint density at radius 3 is 2.46 bits per heavy atom. The van der Waals surface area contributed by atoms with Gasteiger partial charge in [0.25, 0.3) is 0 Å².